The van der Waals surface area contributed by atoms with Crippen LogP contribution in [0.15, 0.2) is 0 Å². The molecule has 0 bridgehead atoms. The highest BCUT2D eigenvalue weighted by molar-refractivity contribution is 5.79. The zero-order valence-corrected chi connectivity index (χ0v) is 11.9. The number of hydrogen-bond acceptors (Lipinski definition) is 3. The van der Waals surface area contributed by atoms with E-state index >= 15 is 0 Å². The van der Waals surface area contributed by atoms with Crippen molar-refractivity contribution in [2.45, 2.75) is 44.6 Å². The van der Waals surface area contributed by atoms with Gasteiger partial charge in [-0.25, -0.2) is 0 Å². The van der Waals surface area contributed by atoms with Gasteiger partial charge in [0.1, 0.15) is 0 Å². The number of amides is 1. The lowest BCUT2D eigenvalue weighted by Crippen LogP contribution is -2.50. The molecule has 0 aromatic heterocycles. The van der Waals surface area contributed by atoms with Crippen molar-refractivity contribution >= 4 is 5.91 Å². The zero-order valence-electron chi connectivity index (χ0n) is 11.9. The van der Waals surface area contributed by atoms with Gasteiger partial charge in [-0.05, 0) is 31.6 Å². The second-order valence-corrected chi connectivity index (χ2v) is 6.37. The molecule has 4 heteroatoms. The molecule has 0 aromatic carbocycles. The van der Waals surface area contributed by atoms with Crippen LogP contribution in [0.2, 0.25) is 0 Å². The van der Waals surface area contributed by atoms with Gasteiger partial charge in [0.25, 0.3) is 0 Å². The predicted molar refractivity (Wildman–Crippen MR) is 76.0 cm³/mol. The SMILES string of the molecule is O=C(CN1CCNCC1)N1CCCC1C1CCCC1. The van der Waals surface area contributed by atoms with Gasteiger partial charge < -0.3 is 10.2 Å². The Kier molecular flexibility index (Phi) is 4.38. The molecule has 1 amide bonds. The molecule has 3 rings (SSSR count). The smallest absolute Gasteiger partial charge is 0.237 e. The van der Waals surface area contributed by atoms with Crippen molar-refractivity contribution in [2.75, 3.05) is 39.3 Å². The van der Waals surface area contributed by atoms with Crippen LogP contribution in [0.1, 0.15) is 38.5 Å². The van der Waals surface area contributed by atoms with Gasteiger partial charge in [0.05, 0.1) is 6.54 Å². The van der Waals surface area contributed by atoms with E-state index in [1.165, 1.54) is 38.5 Å². The van der Waals surface area contributed by atoms with Crippen LogP contribution in [0.25, 0.3) is 0 Å². The van der Waals surface area contributed by atoms with Crippen LogP contribution in [-0.2, 0) is 4.79 Å². The van der Waals surface area contributed by atoms with Crippen molar-refractivity contribution < 1.29 is 4.79 Å². The molecule has 1 aliphatic carbocycles. The summed E-state index contributed by atoms with van der Waals surface area (Å²) in [5.41, 5.74) is 0. The van der Waals surface area contributed by atoms with Crippen LogP contribution < -0.4 is 5.32 Å². The molecule has 4 nitrogen and oxygen atoms in total. The van der Waals surface area contributed by atoms with E-state index in [4.69, 9.17) is 0 Å². The number of piperazine rings is 1. The lowest BCUT2D eigenvalue weighted by atomic mass is 9.96. The quantitative estimate of drug-likeness (QED) is 0.829. The largest absolute Gasteiger partial charge is 0.338 e. The molecule has 2 saturated heterocycles. The van der Waals surface area contributed by atoms with Gasteiger partial charge >= 0.3 is 0 Å². The summed E-state index contributed by atoms with van der Waals surface area (Å²) in [7, 11) is 0. The number of likely N-dealkylation sites (tertiary alicyclic amines) is 1. The van der Waals surface area contributed by atoms with Crippen molar-refractivity contribution in [3.05, 3.63) is 0 Å². The van der Waals surface area contributed by atoms with Gasteiger partial charge in [0.15, 0.2) is 0 Å². The molecular formula is C15H27N3O. The van der Waals surface area contributed by atoms with E-state index in [0.717, 1.165) is 38.6 Å². The Morgan fingerprint density at radius 3 is 2.47 bits per heavy atom. The van der Waals surface area contributed by atoms with Crippen molar-refractivity contribution in [1.82, 2.24) is 15.1 Å². The monoisotopic (exact) mass is 265 g/mol. The molecule has 0 spiro atoms. The zero-order chi connectivity index (χ0) is 13.1. The van der Waals surface area contributed by atoms with E-state index < -0.39 is 0 Å². The third-order valence-corrected chi connectivity index (χ3v) is 5.13. The first-order chi connectivity index (χ1) is 9.34. The maximum absolute atomic E-state index is 12.5. The highest BCUT2D eigenvalue weighted by Gasteiger charge is 2.36. The molecule has 3 fully saturated rings. The number of carbonyl (C=O) groups excluding carboxylic acids is 1. The molecule has 2 aliphatic heterocycles. The molecule has 3 aliphatic rings. The van der Waals surface area contributed by atoms with Gasteiger partial charge in [0.2, 0.25) is 5.91 Å². The summed E-state index contributed by atoms with van der Waals surface area (Å²) < 4.78 is 0. The Bertz CT molecular complexity index is 309. The number of rotatable bonds is 3. The molecule has 1 atom stereocenters. The first kappa shape index (κ1) is 13.4. The van der Waals surface area contributed by atoms with Crippen LogP contribution in [-0.4, -0.2) is 61.0 Å². The van der Waals surface area contributed by atoms with E-state index in [0.29, 0.717) is 18.5 Å². The minimum Gasteiger partial charge on any atom is -0.338 e. The van der Waals surface area contributed by atoms with Crippen molar-refractivity contribution in [1.29, 1.82) is 0 Å². The Balaban J connectivity index is 1.55. The van der Waals surface area contributed by atoms with Gasteiger partial charge in [-0.1, -0.05) is 12.8 Å². The Morgan fingerprint density at radius 2 is 1.74 bits per heavy atom. The number of hydrogen-bond donors (Lipinski definition) is 1. The van der Waals surface area contributed by atoms with E-state index in [9.17, 15) is 4.79 Å². The number of nitrogens with one attached hydrogen (secondary N) is 1. The summed E-state index contributed by atoms with van der Waals surface area (Å²) in [6.07, 6.45) is 7.92. The Labute approximate surface area is 116 Å². The second kappa shape index (κ2) is 6.23. The van der Waals surface area contributed by atoms with Crippen molar-refractivity contribution in [3.8, 4) is 0 Å². The fourth-order valence-electron chi connectivity index (χ4n) is 4.09. The van der Waals surface area contributed by atoms with Crippen LogP contribution in [0.3, 0.4) is 0 Å². The van der Waals surface area contributed by atoms with Crippen LogP contribution in [0.5, 0.6) is 0 Å². The van der Waals surface area contributed by atoms with Crippen molar-refractivity contribution in [3.63, 3.8) is 0 Å². The standard InChI is InChI=1S/C15H27N3O/c19-15(12-17-10-7-16-8-11-17)18-9-3-6-14(18)13-4-1-2-5-13/h13-14,16H,1-12H2. The van der Waals surface area contributed by atoms with E-state index in [1.54, 1.807) is 0 Å². The van der Waals surface area contributed by atoms with Gasteiger partial charge in [-0.2, -0.15) is 0 Å². The molecule has 1 N–H and O–H groups in total. The fraction of sp³-hybridized carbons (Fsp3) is 0.933. The van der Waals surface area contributed by atoms with Crippen LogP contribution in [0.4, 0.5) is 0 Å². The highest BCUT2D eigenvalue weighted by Crippen LogP contribution is 2.35. The Hall–Kier alpha value is -0.610. The molecule has 0 aromatic rings. The summed E-state index contributed by atoms with van der Waals surface area (Å²) in [6, 6.07) is 0.568. The van der Waals surface area contributed by atoms with Crippen LogP contribution >= 0.6 is 0 Å². The molecule has 1 saturated carbocycles. The van der Waals surface area contributed by atoms with E-state index in [2.05, 4.69) is 15.1 Å². The molecule has 0 radical (unpaired) electrons. The molecule has 108 valence electrons. The Morgan fingerprint density at radius 1 is 1.00 bits per heavy atom. The number of nitrogens with zero attached hydrogens (tertiary/aromatic N) is 2. The molecule has 19 heavy (non-hydrogen) atoms. The van der Waals surface area contributed by atoms with Crippen molar-refractivity contribution in [2.24, 2.45) is 5.92 Å². The average molecular weight is 265 g/mol. The lowest BCUT2D eigenvalue weighted by molar-refractivity contribution is -0.134. The topological polar surface area (TPSA) is 35.6 Å². The average Bonchev–Trinajstić information content (AvgIpc) is 3.10. The third-order valence-electron chi connectivity index (χ3n) is 5.13. The second-order valence-electron chi connectivity index (χ2n) is 6.37. The normalized spacial score (nSPS) is 30.1. The maximum Gasteiger partial charge on any atom is 0.237 e. The fourth-order valence-corrected chi connectivity index (χ4v) is 4.09. The van der Waals surface area contributed by atoms with Gasteiger partial charge in [-0.3, -0.25) is 9.69 Å². The summed E-state index contributed by atoms with van der Waals surface area (Å²) >= 11 is 0. The highest BCUT2D eigenvalue weighted by atomic mass is 16.2. The lowest BCUT2D eigenvalue weighted by Gasteiger charge is -2.33. The molecule has 1 unspecified atom stereocenters. The minimum atomic E-state index is 0.385. The van der Waals surface area contributed by atoms with Gasteiger partial charge in [0, 0.05) is 38.8 Å². The first-order valence-corrected chi connectivity index (χ1v) is 8.07. The van der Waals surface area contributed by atoms with E-state index in [-0.39, 0.29) is 0 Å². The van der Waals surface area contributed by atoms with Gasteiger partial charge in [-0.15, -0.1) is 0 Å². The first-order valence-electron chi connectivity index (χ1n) is 8.07. The summed E-state index contributed by atoms with van der Waals surface area (Å²) in [5.74, 6) is 1.19. The molecule has 2 heterocycles. The minimum absolute atomic E-state index is 0.385. The van der Waals surface area contributed by atoms with Crippen LogP contribution in [0, 0.1) is 5.92 Å². The molecular weight excluding hydrogens is 238 g/mol. The number of carbonyl (C=O) groups is 1. The summed E-state index contributed by atoms with van der Waals surface area (Å²) in [4.78, 5) is 17.1. The maximum atomic E-state index is 12.5. The summed E-state index contributed by atoms with van der Waals surface area (Å²) in [5, 5.41) is 3.34. The third kappa shape index (κ3) is 3.11. The van der Waals surface area contributed by atoms with E-state index in [1.807, 2.05) is 0 Å². The predicted octanol–water partition coefficient (Wildman–Crippen LogP) is 1.07. The summed E-state index contributed by atoms with van der Waals surface area (Å²) in [6.45, 7) is 5.75.